The summed E-state index contributed by atoms with van der Waals surface area (Å²) in [6, 6.07) is 10.2. The number of nitrogens with zero attached hydrogens (tertiary/aromatic N) is 6. The van der Waals surface area contributed by atoms with Gasteiger partial charge in [-0.05, 0) is 51.2 Å². The van der Waals surface area contributed by atoms with E-state index in [4.69, 9.17) is 4.98 Å². The highest BCUT2D eigenvalue weighted by Gasteiger charge is 2.25. The molecule has 0 radical (unpaired) electrons. The number of benzene rings is 1. The predicted molar refractivity (Wildman–Crippen MR) is 121 cm³/mol. The number of H-pyrrole nitrogens is 1. The molecule has 1 fully saturated rings. The molecule has 4 aromatic heterocycles. The highest BCUT2D eigenvalue weighted by atomic mass is 16.1. The number of nitrogens with one attached hydrogen (secondary N) is 1. The number of pyridine rings is 2. The number of aromatic amines is 1. The molecule has 8 heteroatoms. The highest BCUT2D eigenvalue weighted by Crippen LogP contribution is 2.31. The lowest BCUT2D eigenvalue weighted by Crippen LogP contribution is -2.35. The van der Waals surface area contributed by atoms with Gasteiger partial charge in [0, 0.05) is 24.0 Å². The lowest BCUT2D eigenvalue weighted by molar-refractivity contribution is 0.221. The summed E-state index contributed by atoms with van der Waals surface area (Å²) in [4.78, 5) is 25.2. The molecule has 0 aliphatic carbocycles. The molecule has 0 amide bonds. The van der Waals surface area contributed by atoms with Gasteiger partial charge in [-0.3, -0.25) is 19.2 Å². The van der Waals surface area contributed by atoms with Gasteiger partial charge >= 0.3 is 5.69 Å². The summed E-state index contributed by atoms with van der Waals surface area (Å²) in [5, 5.41) is 8.22. The molecular formula is C23H23N7O. The number of imidazole rings is 1. The lowest BCUT2D eigenvalue weighted by atomic mass is 10.0. The molecule has 1 saturated heterocycles. The Labute approximate surface area is 178 Å². The number of aryl methyl sites for hydroxylation is 1. The first kappa shape index (κ1) is 18.3. The molecule has 1 aliphatic rings. The maximum absolute atomic E-state index is 13.3. The third-order valence-corrected chi connectivity index (χ3v) is 6.58. The van der Waals surface area contributed by atoms with Gasteiger partial charge in [-0.25, -0.2) is 9.78 Å². The number of hydrogen-bond donors (Lipinski definition) is 1. The van der Waals surface area contributed by atoms with Crippen LogP contribution >= 0.6 is 0 Å². The van der Waals surface area contributed by atoms with E-state index in [1.807, 2.05) is 42.1 Å². The first-order valence-electron chi connectivity index (χ1n) is 10.6. The topological polar surface area (TPSA) is 84.6 Å². The number of piperidine rings is 1. The summed E-state index contributed by atoms with van der Waals surface area (Å²) in [6.07, 6.45) is 5.52. The van der Waals surface area contributed by atoms with Crippen molar-refractivity contribution in [3.05, 3.63) is 53.2 Å². The molecule has 0 atom stereocenters. The molecule has 6 rings (SSSR count). The number of likely N-dealkylation sites (tertiary alicyclic amines) is 1. The Hall–Kier alpha value is -3.52. The summed E-state index contributed by atoms with van der Waals surface area (Å²) < 4.78 is 3.66. The van der Waals surface area contributed by atoms with Gasteiger partial charge in [0.1, 0.15) is 5.52 Å². The van der Waals surface area contributed by atoms with Crippen molar-refractivity contribution < 1.29 is 0 Å². The first-order chi connectivity index (χ1) is 15.1. The average molecular weight is 413 g/mol. The Morgan fingerprint density at radius 2 is 1.90 bits per heavy atom. The Balaban J connectivity index is 1.63. The number of aromatic nitrogens is 6. The molecule has 1 aromatic carbocycles. The minimum absolute atomic E-state index is 0.00277. The van der Waals surface area contributed by atoms with E-state index in [0.29, 0.717) is 0 Å². The van der Waals surface area contributed by atoms with E-state index in [0.717, 1.165) is 70.2 Å². The molecule has 1 aliphatic heterocycles. The van der Waals surface area contributed by atoms with Gasteiger partial charge in [-0.1, -0.05) is 12.1 Å². The van der Waals surface area contributed by atoms with E-state index in [-0.39, 0.29) is 11.7 Å². The third-order valence-electron chi connectivity index (χ3n) is 6.58. The van der Waals surface area contributed by atoms with Gasteiger partial charge in [-0.2, -0.15) is 5.10 Å². The highest BCUT2D eigenvalue weighted by molar-refractivity contribution is 6.02. The number of hydrogen-bond acceptors (Lipinski definition) is 5. The van der Waals surface area contributed by atoms with Crippen molar-refractivity contribution in [3.8, 4) is 11.3 Å². The fraction of sp³-hybridized carbons (Fsp3) is 0.304. The maximum atomic E-state index is 13.3. The summed E-state index contributed by atoms with van der Waals surface area (Å²) in [5.74, 6) is 0. The van der Waals surface area contributed by atoms with Crippen LogP contribution in [0.1, 0.15) is 18.9 Å². The van der Waals surface area contributed by atoms with Gasteiger partial charge < -0.3 is 4.90 Å². The van der Waals surface area contributed by atoms with E-state index in [2.05, 4.69) is 33.2 Å². The van der Waals surface area contributed by atoms with Crippen molar-refractivity contribution >= 4 is 33.0 Å². The zero-order valence-electron chi connectivity index (χ0n) is 17.5. The van der Waals surface area contributed by atoms with Gasteiger partial charge in [0.25, 0.3) is 0 Å². The monoisotopic (exact) mass is 413 g/mol. The minimum atomic E-state index is 0.00277. The average Bonchev–Trinajstić information content (AvgIpc) is 3.37. The lowest BCUT2D eigenvalue weighted by Gasteiger charge is -2.29. The SMILES string of the molecule is CN1CCC(n2c(=O)n(C)c3cnc4ccc(-c5cccc6[nH]ncc56)nc4c32)CC1. The normalized spacial score (nSPS) is 16.1. The number of rotatable bonds is 2. The maximum Gasteiger partial charge on any atom is 0.329 e. The molecule has 31 heavy (non-hydrogen) atoms. The van der Waals surface area contributed by atoms with Crippen LogP contribution in [0.15, 0.2) is 47.5 Å². The fourth-order valence-electron chi connectivity index (χ4n) is 4.82. The van der Waals surface area contributed by atoms with Crippen molar-refractivity contribution in [3.63, 3.8) is 0 Å². The largest absolute Gasteiger partial charge is 0.329 e. The van der Waals surface area contributed by atoms with Crippen molar-refractivity contribution in [1.82, 2.24) is 34.2 Å². The van der Waals surface area contributed by atoms with E-state index >= 15 is 0 Å². The molecule has 0 bridgehead atoms. The van der Waals surface area contributed by atoms with Crippen LogP contribution in [0.5, 0.6) is 0 Å². The van der Waals surface area contributed by atoms with Crippen LogP contribution < -0.4 is 5.69 Å². The van der Waals surface area contributed by atoms with E-state index in [9.17, 15) is 4.79 Å². The fourth-order valence-corrected chi connectivity index (χ4v) is 4.82. The van der Waals surface area contributed by atoms with Gasteiger partial charge in [0.2, 0.25) is 0 Å². The van der Waals surface area contributed by atoms with Crippen LogP contribution in [-0.4, -0.2) is 54.3 Å². The van der Waals surface area contributed by atoms with Gasteiger partial charge in [0.15, 0.2) is 0 Å². The van der Waals surface area contributed by atoms with Gasteiger partial charge in [0.05, 0.1) is 40.2 Å². The second-order valence-electron chi connectivity index (χ2n) is 8.44. The summed E-state index contributed by atoms with van der Waals surface area (Å²) in [6.45, 7) is 1.97. The van der Waals surface area contributed by atoms with E-state index in [1.165, 1.54) is 0 Å². The molecule has 5 heterocycles. The smallest absolute Gasteiger partial charge is 0.306 e. The van der Waals surface area contributed by atoms with Crippen molar-refractivity contribution in [2.45, 2.75) is 18.9 Å². The van der Waals surface area contributed by atoms with Crippen molar-refractivity contribution in [1.29, 1.82) is 0 Å². The molecular weight excluding hydrogens is 390 g/mol. The summed E-state index contributed by atoms with van der Waals surface area (Å²) in [7, 11) is 3.95. The number of fused-ring (bicyclic) bond motifs is 4. The Morgan fingerprint density at radius 3 is 2.74 bits per heavy atom. The standard InChI is InChI=1S/C23H23N7O/c1-28-10-8-14(9-11-28)30-22-20(29(2)23(30)31)13-24-19-7-6-17(26-21(19)22)15-4-3-5-18-16(15)12-25-27-18/h3-7,12-14H,8-11H2,1-2H3,(H,25,27). The molecule has 5 aromatic rings. The zero-order valence-corrected chi connectivity index (χ0v) is 17.5. The third kappa shape index (κ3) is 2.71. The van der Waals surface area contributed by atoms with E-state index in [1.54, 1.807) is 10.8 Å². The van der Waals surface area contributed by atoms with Crippen LogP contribution in [0.2, 0.25) is 0 Å². The molecule has 156 valence electrons. The quantitative estimate of drug-likeness (QED) is 0.481. The second-order valence-corrected chi connectivity index (χ2v) is 8.44. The van der Waals surface area contributed by atoms with Crippen LogP contribution in [0.25, 0.3) is 44.2 Å². The van der Waals surface area contributed by atoms with Crippen LogP contribution in [0.4, 0.5) is 0 Å². The zero-order chi connectivity index (χ0) is 21.1. The van der Waals surface area contributed by atoms with Crippen LogP contribution in [0, 0.1) is 0 Å². The summed E-state index contributed by atoms with van der Waals surface area (Å²) in [5.41, 5.74) is 6.10. The Kier molecular flexibility index (Phi) is 3.97. The molecule has 1 N–H and O–H groups in total. The van der Waals surface area contributed by atoms with E-state index < -0.39 is 0 Å². The second kappa shape index (κ2) is 6.75. The summed E-state index contributed by atoms with van der Waals surface area (Å²) >= 11 is 0. The van der Waals surface area contributed by atoms with Crippen LogP contribution in [0.3, 0.4) is 0 Å². The van der Waals surface area contributed by atoms with Crippen molar-refractivity contribution in [2.75, 3.05) is 20.1 Å². The predicted octanol–water partition coefficient (Wildman–Crippen LogP) is 3.09. The van der Waals surface area contributed by atoms with Crippen LogP contribution in [-0.2, 0) is 7.05 Å². The molecule has 0 spiro atoms. The Bertz CT molecular complexity index is 1500. The Morgan fingerprint density at radius 1 is 1.06 bits per heavy atom. The molecule has 0 saturated carbocycles. The minimum Gasteiger partial charge on any atom is -0.306 e. The van der Waals surface area contributed by atoms with Gasteiger partial charge in [-0.15, -0.1) is 0 Å². The molecule has 8 nitrogen and oxygen atoms in total. The first-order valence-corrected chi connectivity index (χ1v) is 10.6. The molecule has 0 unspecified atom stereocenters. The van der Waals surface area contributed by atoms with Crippen molar-refractivity contribution in [2.24, 2.45) is 7.05 Å².